The molecule has 0 saturated carbocycles. The number of amides is 1. The van der Waals surface area contributed by atoms with Crippen LogP contribution in [0.5, 0.6) is 0 Å². The fourth-order valence-electron chi connectivity index (χ4n) is 4.81. The number of thiophene rings is 1. The van der Waals surface area contributed by atoms with E-state index in [4.69, 9.17) is 4.74 Å². The van der Waals surface area contributed by atoms with E-state index < -0.39 is 11.9 Å². The molecule has 1 N–H and O–H groups in total. The Morgan fingerprint density at radius 2 is 1.73 bits per heavy atom. The van der Waals surface area contributed by atoms with Gasteiger partial charge in [-0.15, -0.1) is 21.5 Å². The van der Waals surface area contributed by atoms with Gasteiger partial charge in [-0.1, -0.05) is 42.1 Å². The van der Waals surface area contributed by atoms with Crippen molar-refractivity contribution in [1.29, 1.82) is 0 Å². The number of aromatic nitrogens is 4. The molecule has 0 fully saturated rings. The van der Waals surface area contributed by atoms with Gasteiger partial charge in [-0.3, -0.25) is 18.8 Å². The molecule has 0 spiro atoms. The Labute approximate surface area is 243 Å². The zero-order valence-electron chi connectivity index (χ0n) is 23.1. The SMILES string of the molecule is CCOC(=O)c1c(NC(=O)CSc2nnc3n(-c4c(C)cccc4C)c(=O)c4ccccc4n23)sc(C(C)=O)c1C. The number of nitrogens with zero attached hydrogens (tertiary/aromatic N) is 4. The number of para-hydroxylation sites is 2. The first-order valence-corrected chi connectivity index (χ1v) is 14.6. The van der Waals surface area contributed by atoms with Crippen LogP contribution < -0.4 is 10.9 Å². The van der Waals surface area contributed by atoms with Crippen LogP contribution in [0.4, 0.5) is 5.00 Å². The number of ether oxygens (including phenoxy) is 1. The van der Waals surface area contributed by atoms with Crippen LogP contribution in [0.25, 0.3) is 22.4 Å². The average Bonchev–Trinajstić information content (AvgIpc) is 3.50. The van der Waals surface area contributed by atoms with Gasteiger partial charge in [0.2, 0.25) is 11.7 Å². The Morgan fingerprint density at radius 1 is 1.02 bits per heavy atom. The maximum absolute atomic E-state index is 13.7. The highest BCUT2D eigenvalue weighted by molar-refractivity contribution is 7.99. The molecule has 210 valence electrons. The highest BCUT2D eigenvalue weighted by Crippen LogP contribution is 2.34. The zero-order valence-corrected chi connectivity index (χ0v) is 24.7. The van der Waals surface area contributed by atoms with Crippen LogP contribution in [0.1, 0.15) is 50.6 Å². The van der Waals surface area contributed by atoms with Crippen molar-refractivity contribution < 1.29 is 19.1 Å². The number of hydrogen-bond acceptors (Lipinski definition) is 9. The minimum atomic E-state index is -0.601. The molecular weight excluding hydrogens is 562 g/mol. The molecule has 10 nitrogen and oxygen atoms in total. The molecule has 5 aromatic rings. The Bertz CT molecular complexity index is 1900. The molecule has 3 aromatic heterocycles. The minimum absolute atomic E-state index is 0.0632. The molecular formula is C29H27N5O5S2. The van der Waals surface area contributed by atoms with Crippen LogP contribution in [0.3, 0.4) is 0 Å². The molecule has 0 unspecified atom stereocenters. The fourth-order valence-corrected chi connectivity index (χ4v) is 6.66. The molecule has 0 saturated heterocycles. The summed E-state index contributed by atoms with van der Waals surface area (Å²) in [5.74, 6) is -0.938. The maximum Gasteiger partial charge on any atom is 0.341 e. The molecule has 0 atom stereocenters. The quantitative estimate of drug-likeness (QED) is 0.150. The highest BCUT2D eigenvalue weighted by Gasteiger charge is 2.26. The molecule has 1 amide bonds. The average molecular weight is 590 g/mol. The Kier molecular flexibility index (Phi) is 7.78. The Balaban J connectivity index is 1.52. The summed E-state index contributed by atoms with van der Waals surface area (Å²) in [4.78, 5) is 51.9. The van der Waals surface area contributed by atoms with Gasteiger partial charge in [0.15, 0.2) is 10.9 Å². The van der Waals surface area contributed by atoms with Crippen molar-refractivity contribution >= 4 is 62.4 Å². The van der Waals surface area contributed by atoms with Crippen LogP contribution in [0.15, 0.2) is 52.4 Å². The number of esters is 1. The van der Waals surface area contributed by atoms with E-state index >= 15 is 0 Å². The van der Waals surface area contributed by atoms with Gasteiger partial charge < -0.3 is 10.1 Å². The number of ketones is 1. The third-order valence-corrected chi connectivity index (χ3v) is 8.83. The lowest BCUT2D eigenvalue weighted by molar-refractivity contribution is -0.113. The normalized spacial score (nSPS) is 11.2. The second kappa shape index (κ2) is 11.3. The molecule has 0 aliphatic rings. The predicted octanol–water partition coefficient (Wildman–Crippen LogP) is 5.13. The minimum Gasteiger partial charge on any atom is -0.462 e. The summed E-state index contributed by atoms with van der Waals surface area (Å²) in [5.41, 5.74) is 3.61. The van der Waals surface area contributed by atoms with Crippen LogP contribution >= 0.6 is 23.1 Å². The van der Waals surface area contributed by atoms with Crippen molar-refractivity contribution in [1.82, 2.24) is 19.2 Å². The molecule has 41 heavy (non-hydrogen) atoms. The van der Waals surface area contributed by atoms with Crippen LogP contribution in [-0.4, -0.2) is 49.2 Å². The highest BCUT2D eigenvalue weighted by atomic mass is 32.2. The first-order chi connectivity index (χ1) is 19.6. The zero-order chi connectivity index (χ0) is 29.4. The smallest absolute Gasteiger partial charge is 0.341 e. The lowest BCUT2D eigenvalue weighted by Gasteiger charge is -2.15. The Morgan fingerprint density at radius 3 is 2.41 bits per heavy atom. The van der Waals surface area contributed by atoms with Gasteiger partial charge in [-0.25, -0.2) is 9.36 Å². The van der Waals surface area contributed by atoms with Gasteiger partial charge in [0, 0.05) is 0 Å². The lowest BCUT2D eigenvalue weighted by Crippen LogP contribution is -2.23. The number of nitrogens with one attached hydrogen (secondary N) is 1. The number of anilines is 1. The first-order valence-electron chi connectivity index (χ1n) is 12.8. The summed E-state index contributed by atoms with van der Waals surface area (Å²) in [7, 11) is 0. The summed E-state index contributed by atoms with van der Waals surface area (Å²) in [6.45, 7) is 8.79. The van der Waals surface area contributed by atoms with E-state index in [0.29, 0.717) is 32.3 Å². The van der Waals surface area contributed by atoms with E-state index in [9.17, 15) is 19.2 Å². The molecule has 5 rings (SSSR count). The first kappa shape index (κ1) is 28.2. The second-order valence-corrected chi connectivity index (χ2v) is 11.4. The van der Waals surface area contributed by atoms with Crippen molar-refractivity contribution in [3.05, 3.63) is 79.9 Å². The largest absolute Gasteiger partial charge is 0.462 e. The number of aryl methyl sites for hydroxylation is 2. The molecule has 2 aromatic carbocycles. The van der Waals surface area contributed by atoms with E-state index in [1.165, 1.54) is 6.92 Å². The number of Topliss-reactive ketones (excluding diaryl/α,β-unsaturated/α-hetero) is 1. The summed E-state index contributed by atoms with van der Waals surface area (Å²) in [6, 6.07) is 13.0. The van der Waals surface area contributed by atoms with Gasteiger partial charge >= 0.3 is 5.97 Å². The molecule has 0 aliphatic carbocycles. The van der Waals surface area contributed by atoms with E-state index in [0.717, 1.165) is 39.9 Å². The number of carbonyl (C=O) groups excluding carboxylic acids is 3. The maximum atomic E-state index is 13.7. The number of thioether (sulfide) groups is 1. The van der Waals surface area contributed by atoms with E-state index in [2.05, 4.69) is 15.5 Å². The van der Waals surface area contributed by atoms with Crippen LogP contribution in [-0.2, 0) is 9.53 Å². The summed E-state index contributed by atoms with van der Waals surface area (Å²) < 4.78 is 8.49. The number of carbonyl (C=O) groups is 3. The fraction of sp³-hybridized carbons (Fsp3) is 0.241. The summed E-state index contributed by atoms with van der Waals surface area (Å²) >= 11 is 2.19. The molecule has 3 heterocycles. The molecule has 0 bridgehead atoms. The monoisotopic (exact) mass is 589 g/mol. The summed E-state index contributed by atoms with van der Waals surface area (Å²) in [6.07, 6.45) is 0. The van der Waals surface area contributed by atoms with Gasteiger partial charge in [-0.2, -0.15) is 0 Å². The van der Waals surface area contributed by atoms with Gasteiger partial charge in [0.1, 0.15) is 5.00 Å². The van der Waals surface area contributed by atoms with Crippen LogP contribution in [0.2, 0.25) is 0 Å². The van der Waals surface area contributed by atoms with Crippen molar-refractivity contribution in [2.24, 2.45) is 0 Å². The van der Waals surface area contributed by atoms with Crippen molar-refractivity contribution in [3.63, 3.8) is 0 Å². The van der Waals surface area contributed by atoms with Gasteiger partial charge in [-0.05, 0) is 63.4 Å². The standard InChI is InChI=1S/C29H27N5O5S2/c1-6-39-27(38)22-17(4)24(18(5)35)41-25(22)30-21(36)14-40-29-32-31-28-33(29)20-13-8-7-12-19(20)26(37)34(28)23-15(2)10-9-11-16(23)3/h7-13H,6,14H2,1-5H3,(H,30,36). The number of benzene rings is 2. The lowest BCUT2D eigenvalue weighted by atomic mass is 10.1. The van der Waals surface area contributed by atoms with Gasteiger partial charge in [0.05, 0.1) is 39.4 Å². The number of fused-ring (bicyclic) bond motifs is 3. The third kappa shape index (κ3) is 5.04. The molecule has 12 heteroatoms. The van der Waals surface area contributed by atoms with E-state index in [1.54, 1.807) is 34.9 Å². The molecule has 0 aliphatic heterocycles. The van der Waals surface area contributed by atoms with Gasteiger partial charge in [0.25, 0.3) is 5.56 Å². The molecule has 0 radical (unpaired) electrons. The van der Waals surface area contributed by atoms with Crippen molar-refractivity contribution in [2.75, 3.05) is 17.7 Å². The number of hydrogen-bond donors (Lipinski definition) is 1. The van der Waals surface area contributed by atoms with E-state index in [1.807, 2.05) is 44.2 Å². The predicted molar refractivity (Wildman–Crippen MR) is 160 cm³/mol. The Hall–Kier alpha value is -4.29. The number of rotatable bonds is 8. The summed E-state index contributed by atoms with van der Waals surface area (Å²) in [5, 5.41) is 12.6. The topological polar surface area (TPSA) is 125 Å². The second-order valence-electron chi connectivity index (χ2n) is 9.39. The van der Waals surface area contributed by atoms with E-state index in [-0.39, 0.29) is 34.3 Å². The van der Waals surface area contributed by atoms with Crippen molar-refractivity contribution in [2.45, 2.75) is 39.8 Å². The van der Waals surface area contributed by atoms with Crippen LogP contribution in [0, 0.1) is 20.8 Å². The van der Waals surface area contributed by atoms with Crippen molar-refractivity contribution in [3.8, 4) is 5.69 Å². The third-order valence-electron chi connectivity index (χ3n) is 6.59.